The van der Waals surface area contributed by atoms with Crippen molar-refractivity contribution in [3.8, 4) is 0 Å². The summed E-state index contributed by atoms with van der Waals surface area (Å²) in [4.78, 5) is 58.2. The summed E-state index contributed by atoms with van der Waals surface area (Å²) in [6.07, 6.45) is -0.331. The van der Waals surface area contributed by atoms with E-state index in [1.165, 1.54) is 0 Å². The van der Waals surface area contributed by atoms with Crippen molar-refractivity contribution in [1.29, 1.82) is 0 Å². The van der Waals surface area contributed by atoms with E-state index in [4.69, 9.17) is 10.8 Å². The predicted molar refractivity (Wildman–Crippen MR) is 95.9 cm³/mol. The number of rotatable bonds is 13. The lowest BCUT2D eigenvalue weighted by Crippen LogP contribution is -2.57. The molecule has 0 saturated heterocycles. The fourth-order valence-corrected chi connectivity index (χ4v) is 2.19. The minimum Gasteiger partial charge on any atom is -0.481 e. The van der Waals surface area contributed by atoms with E-state index in [0.29, 0.717) is 6.42 Å². The first-order valence-electron chi connectivity index (χ1n) is 8.72. The summed E-state index contributed by atoms with van der Waals surface area (Å²) in [6.45, 7) is 2.15. The van der Waals surface area contributed by atoms with Crippen molar-refractivity contribution >= 4 is 29.7 Å². The highest BCUT2D eigenvalue weighted by Gasteiger charge is 2.31. The number of aliphatic hydroxyl groups excluding tert-OH is 1. The van der Waals surface area contributed by atoms with E-state index in [2.05, 4.69) is 16.0 Å². The zero-order valence-corrected chi connectivity index (χ0v) is 15.8. The van der Waals surface area contributed by atoms with Crippen LogP contribution in [0.3, 0.4) is 0 Å². The number of carboxylic acid groups (broad SMARTS) is 2. The first kappa shape index (κ1) is 25.3. The van der Waals surface area contributed by atoms with E-state index < -0.39 is 73.3 Å². The molecule has 0 rings (SSSR count). The minimum atomic E-state index is -1.40. The van der Waals surface area contributed by atoms with Gasteiger partial charge in [-0.05, 0) is 12.3 Å². The molecule has 0 aliphatic heterocycles. The predicted octanol–water partition coefficient (Wildman–Crippen LogP) is -2.61. The molecule has 160 valence electrons. The van der Waals surface area contributed by atoms with Crippen molar-refractivity contribution in [2.24, 2.45) is 11.7 Å². The summed E-state index contributed by atoms with van der Waals surface area (Å²) in [7, 11) is 0. The van der Waals surface area contributed by atoms with Crippen LogP contribution in [-0.4, -0.2) is 76.3 Å². The molecule has 4 unspecified atom stereocenters. The molecule has 0 saturated carbocycles. The lowest BCUT2D eigenvalue weighted by atomic mass is 9.98. The number of carboxylic acids is 2. The first-order chi connectivity index (χ1) is 13.1. The highest BCUT2D eigenvalue weighted by molar-refractivity contribution is 5.93. The van der Waals surface area contributed by atoms with Crippen molar-refractivity contribution in [3.05, 3.63) is 0 Å². The molecule has 0 bridgehead atoms. The largest absolute Gasteiger partial charge is 0.481 e. The number of carbonyl (C=O) groups is 5. The van der Waals surface area contributed by atoms with Gasteiger partial charge in [-0.25, -0.2) is 4.79 Å². The zero-order valence-electron chi connectivity index (χ0n) is 15.8. The second-order valence-corrected chi connectivity index (χ2v) is 6.21. The van der Waals surface area contributed by atoms with E-state index in [1.54, 1.807) is 13.8 Å². The SMILES string of the molecule is CCC(C)C(NC(=O)C(CCC(=O)O)NC(=O)C(CO)NC(=O)CN)C(=O)O. The van der Waals surface area contributed by atoms with Crippen LogP contribution in [0.4, 0.5) is 0 Å². The molecule has 12 heteroatoms. The average Bonchev–Trinajstić information content (AvgIpc) is 2.65. The molecule has 0 aliphatic rings. The summed E-state index contributed by atoms with van der Waals surface area (Å²) in [5, 5.41) is 34.0. The summed E-state index contributed by atoms with van der Waals surface area (Å²) in [5.74, 6) is -5.45. The molecule has 28 heavy (non-hydrogen) atoms. The van der Waals surface area contributed by atoms with Gasteiger partial charge >= 0.3 is 11.9 Å². The van der Waals surface area contributed by atoms with Gasteiger partial charge in [0.25, 0.3) is 0 Å². The van der Waals surface area contributed by atoms with Crippen LogP contribution in [0.25, 0.3) is 0 Å². The third kappa shape index (κ3) is 8.77. The van der Waals surface area contributed by atoms with Crippen molar-refractivity contribution in [1.82, 2.24) is 16.0 Å². The molecule has 4 atom stereocenters. The molecule has 0 fully saturated rings. The number of hydrogen-bond acceptors (Lipinski definition) is 7. The third-order valence-electron chi connectivity index (χ3n) is 4.08. The van der Waals surface area contributed by atoms with Crippen molar-refractivity contribution in [2.75, 3.05) is 13.2 Å². The Balaban J connectivity index is 5.31. The first-order valence-corrected chi connectivity index (χ1v) is 8.72. The maximum atomic E-state index is 12.5. The van der Waals surface area contributed by atoms with Gasteiger partial charge in [0.15, 0.2) is 0 Å². The monoisotopic (exact) mass is 404 g/mol. The number of hydrogen-bond donors (Lipinski definition) is 7. The fraction of sp³-hybridized carbons (Fsp3) is 0.688. The molecular formula is C16H28N4O8. The lowest BCUT2D eigenvalue weighted by Gasteiger charge is -2.25. The number of amides is 3. The molecule has 0 aromatic rings. The number of nitrogens with one attached hydrogen (secondary N) is 3. The normalized spacial score (nSPS) is 14.9. The molecule has 0 radical (unpaired) electrons. The Kier molecular flexibility index (Phi) is 11.4. The van der Waals surface area contributed by atoms with Crippen LogP contribution in [0.2, 0.25) is 0 Å². The van der Waals surface area contributed by atoms with E-state index in [1.807, 2.05) is 0 Å². The Morgan fingerprint density at radius 3 is 1.96 bits per heavy atom. The van der Waals surface area contributed by atoms with Gasteiger partial charge in [0.1, 0.15) is 18.1 Å². The number of aliphatic hydroxyl groups is 1. The van der Waals surface area contributed by atoms with Crippen LogP contribution in [0.15, 0.2) is 0 Å². The van der Waals surface area contributed by atoms with Crippen LogP contribution in [-0.2, 0) is 24.0 Å². The summed E-state index contributed by atoms with van der Waals surface area (Å²) >= 11 is 0. The number of carbonyl (C=O) groups excluding carboxylic acids is 3. The molecule has 0 spiro atoms. The van der Waals surface area contributed by atoms with Gasteiger partial charge in [-0.3, -0.25) is 19.2 Å². The van der Waals surface area contributed by atoms with Gasteiger partial charge in [0, 0.05) is 6.42 Å². The Bertz CT molecular complexity index is 583. The highest BCUT2D eigenvalue weighted by atomic mass is 16.4. The molecular weight excluding hydrogens is 376 g/mol. The maximum absolute atomic E-state index is 12.5. The molecule has 0 aromatic carbocycles. The zero-order chi connectivity index (χ0) is 21.9. The quantitative estimate of drug-likeness (QED) is 0.171. The summed E-state index contributed by atoms with van der Waals surface area (Å²) in [6, 6.07) is -4.01. The van der Waals surface area contributed by atoms with E-state index in [-0.39, 0.29) is 6.42 Å². The van der Waals surface area contributed by atoms with Crippen LogP contribution >= 0.6 is 0 Å². The molecule has 8 N–H and O–H groups in total. The van der Waals surface area contributed by atoms with Crippen molar-refractivity contribution in [2.45, 2.75) is 51.2 Å². The van der Waals surface area contributed by atoms with Crippen LogP contribution in [0.5, 0.6) is 0 Å². The summed E-state index contributed by atoms with van der Waals surface area (Å²) < 4.78 is 0. The van der Waals surface area contributed by atoms with E-state index >= 15 is 0 Å². The second kappa shape index (κ2) is 12.6. The Morgan fingerprint density at radius 1 is 0.964 bits per heavy atom. The van der Waals surface area contributed by atoms with Gasteiger partial charge in [-0.1, -0.05) is 20.3 Å². The molecule has 12 nitrogen and oxygen atoms in total. The van der Waals surface area contributed by atoms with Gasteiger partial charge in [0.05, 0.1) is 13.2 Å². The van der Waals surface area contributed by atoms with Crippen molar-refractivity contribution in [3.63, 3.8) is 0 Å². The van der Waals surface area contributed by atoms with Gasteiger partial charge in [-0.15, -0.1) is 0 Å². The standard InChI is InChI=1S/C16H28N4O8/c1-3-8(2)13(16(27)28)20-14(25)9(4-5-12(23)24)19-15(26)10(7-21)18-11(22)6-17/h8-10,13,21H,3-7,17H2,1-2H3,(H,18,22)(H,19,26)(H,20,25)(H,23,24)(H,27,28). The smallest absolute Gasteiger partial charge is 0.326 e. The Morgan fingerprint density at radius 2 is 1.54 bits per heavy atom. The lowest BCUT2D eigenvalue weighted by molar-refractivity contribution is -0.144. The van der Waals surface area contributed by atoms with Gasteiger partial charge < -0.3 is 37.0 Å². The van der Waals surface area contributed by atoms with Crippen molar-refractivity contribution < 1.29 is 39.3 Å². The molecule has 0 aliphatic carbocycles. The number of aliphatic carboxylic acids is 2. The molecule has 0 heterocycles. The summed E-state index contributed by atoms with van der Waals surface area (Å²) in [5.41, 5.74) is 5.12. The van der Waals surface area contributed by atoms with Crippen LogP contribution in [0, 0.1) is 5.92 Å². The highest BCUT2D eigenvalue weighted by Crippen LogP contribution is 2.09. The molecule has 3 amide bonds. The molecule has 0 aromatic heterocycles. The number of nitrogens with two attached hydrogens (primary N) is 1. The van der Waals surface area contributed by atoms with E-state index in [0.717, 1.165) is 0 Å². The van der Waals surface area contributed by atoms with E-state index in [9.17, 15) is 34.2 Å². The van der Waals surface area contributed by atoms with Gasteiger partial charge in [-0.2, -0.15) is 0 Å². The van der Waals surface area contributed by atoms with Gasteiger partial charge in [0.2, 0.25) is 17.7 Å². The van der Waals surface area contributed by atoms with Crippen LogP contribution < -0.4 is 21.7 Å². The maximum Gasteiger partial charge on any atom is 0.326 e. The van der Waals surface area contributed by atoms with Crippen LogP contribution in [0.1, 0.15) is 33.1 Å². The second-order valence-electron chi connectivity index (χ2n) is 6.21. The fourth-order valence-electron chi connectivity index (χ4n) is 2.19. The Hall–Kier alpha value is -2.73. The Labute approximate surface area is 161 Å². The average molecular weight is 404 g/mol. The minimum absolute atomic E-state index is 0.317. The third-order valence-corrected chi connectivity index (χ3v) is 4.08. The topological polar surface area (TPSA) is 208 Å².